The predicted octanol–water partition coefficient (Wildman–Crippen LogP) is 3.95. The van der Waals surface area contributed by atoms with Gasteiger partial charge >= 0.3 is 0 Å². The van der Waals surface area contributed by atoms with Crippen LogP contribution in [0.4, 0.5) is 11.4 Å². The summed E-state index contributed by atoms with van der Waals surface area (Å²) in [5, 5.41) is 3.40. The largest absolute Gasteiger partial charge is 0.322 e. The molecule has 24 heavy (non-hydrogen) atoms. The number of benzene rings is 2. The summed E-state index contributed by atoms with van der Waals surface area (Å²) < 4.78 is 24.2. The number of nitrogens with zero attached hydrogens (tertiary/aromatic N) is 1. The van der Waals surface area contributed by atoms with Crippen molar-refractivity contribution in [3.63, 3.8) is 0 Å². The fraction of sp³-hybridized carbons (Fsp3) is 0.188. The van der Waals surface area contributed by atoms with Crippen molar-refractivity contribution in [2.75, 3.05) is 22.9 Å². The third-order valence-corrected chi connectivity index (χ3v) is 5.41. The van der Waals surface area contributed by atoms with Crippen LogP contribution in [0.5, 0.6) is 0 Å². The Labute approximate surface area is 151 Å². The highest BCUT2D eigenvalue weighted by molar-refractivity contribution is 7.92. The second-order valence-corrected chi connectivity index (χ2v) is 8.14. The van der Waals surface area contributed by atoms with Crippen LogP contribution >= 0.6 is 23.2 Å². The van der Waals surface area contributed by atoms with Crippen LogP contribution in [-0.4, -0.2) is 27.6 Å². The van der Waals surface area contributed by atoms with Crippen molar-refractivity contribution in [1.29, 1.82) is 0 Å². The third-order valence-electron chi connectivity index (χ3n) is 3.49. The number of hydrogen-bond acceptors (Lipinski definition) is 3. The molecule has 0 radical (unpaired) electrons. The van der Waals surface area contributed by atoms with Crippen molar-refractivity contribution in [3.05, 3.63) is 57.6 Å². The monoisotopic (exact) mass is 386 g/mol. The van der Waals surface area contributed by atoms with Crippen LogP contribution in [-0.2, 0) is 10.0 Å². The predicted molar refractivity (Wildman–Crippen MR) is 98.8 cm³/mol. The third kappa shape index (κ3) is 4.20. The van der Waals surface area contributed by atoms with Crippen LogP contribution in [0.25, 0.3) is 0 Å². The Morgan fingerprint density at radius 3 is 2.29 bits per heavy atom. The smallest absolute Gasteiger partial charge is 0.257 e. The zero-order valence-electron chi connectivity index (χ0n) is 13.3. The quantitative estimate of drug-likeness (QED) is 0.864. The van der Waals surface area contributed by atoms with E-state index in [0.717, 1.165) is 16.1 Å². The molecular formula is C16H16Cl2N2O3S. The number of sulfonamides is 1. The topological polar surface area (TPSA) is 66.5 Å². The number of carbonyl (C=O) groups is 1. The van der Waals surface area contributed by atoms with Gasteiger partial charge in [0.25, 0.3) is 5.91 Å². The van der Waals surface area contributed by atoms with Crippen molar-refractivity contribution in [1.82, 2.24) is 0 Å². The number of anilines is 2. The maximum atomic E-state index is 12.3. The molecule has 1 N–H and O–H groups in total. The molecule has 0 aromatic heterocycles. The molecule has 0 bridgehead atoms. The highest BCUT2D eigenvalue weighted by atomic mass is 35.5. The summed E-state index contributed by atoms with van der Waals surface area (Å²) in [6.07, 6.45) is 1.09. The van der Waals surface area contributed by atoms with E-state index in [1.165, 1.54) is 25.2 Å². The van der Waals surface area contributed by atoms with Gasteiger partial charge in [0.1, 0.15) is 0 Å². The van der Waals surface area contributed by atoms with Crippen LogP contribution in [0.1, 0.15) is 15.9 Å². The minimum absolute atomic E-state index is 0.152. The lowest BCUT2D eigenvalue weighted by molar-refractivity contribution is 0.102. The van der Waals surface area contributed by atoms with Gasteiger partial charge in [-0.1, -0.05) is 29.3 Å². The molecule has 0 aliphatic heterocycles. The van der Waals surface area contributed by atoms with E-state index >= 15 is 0 Å². The van der Waals surface area contributed by atoms with Gasteiger partial charge in [-0.05, 0) is 42.8 Å². The van der Waals surface area contributed by atoms with Gasteiger partial charge in [-0.15, -0.1) is 0 Å². The van der Waals surface area contributed by atoms with E-state index in [9.17, 15) is 13.2 Å². The normalized spacial score (nSPS) is 11.2. The van der Waals surface area contributed by atoms with Gasteiger partial charge in [0.15, 0.2) is 0 Å². The lowest BCUT2D eigenvalue weighted by Crippen LogP contribution is -2.25. The van der Waals surface area contributed by atoms with E-state index in [4.69, 9.17) is 23.2 Å². The second kappa shape index (κ2) is 7.01. The molecule has 0 heterocycles. The van der Waals surface area contributed by atoms with Crippen LogP contribution in [0.3, 0.4) is 0 Å². The Morgan fingerprint density at radius 2 is 1.75 bits per heavy atom. The molecule has 0 saturated heterocycles. The summed E-state index contributed by atoms with van der Waals surface area (Å²) in [5.74, 6) is -0.409. The van der Waals surface area contributed by atoms with Crippen molar-refractivity contribution < 1.29 is 13.2 Å². The van der Waals surface area contributed by atoms with Gasteiger partial charge in [-0.2, -0.15) is 0 Å². The van der Waals surface area contributed by atoms with Crippen molar-refractivity contribution in [2.45, 2.75) is 6.92 Å². The fourth-order valence-electron chi connectivity index (χ4n) is 1.94. The van der Waals surface area contributed by atoms with Gasteiger partial charge in [-0.3, -0.25) is 9.10 Å². The van der Waals surface area contributed by atoms with Crippen LogP contribution in [0.15, 0.2) is 36.4 Å². The number of hydrogen-bond donors (Lipinski definition) is 1. The minimum atomic E-state index is -3.40. The molecule has 0 aliphatic carbocycles. The average molecular weight is 387 g/mol. The first-order chi connectivity index (χ1) is 11.1. The molecule has 2 rings (SSSR count). The SMILES string of the molecule is Cc1ccc(NC(=O)c2ccc(N(C)S(C)(=O)=O)cc2Cl)cc1Cl. The maximum Gasteiger partial charge on any atom is 0.257 e. The summed E-state index contributed by atoms with van der Waals surface area (Å²) in [7, 11) is -1.99. The molecular weight excluding hydrogens is 371 g/mol. The van der Waals surface area contributed by atoms with Crippen molar-refractivity contribution in [2.24, 2.45) is 0 Å². The highest BCUT2D eigenvalue weighted by Gasteiger charge is 2.16. The lowest BCUT2D eigenvalue weighted by Gasteiger charge is -2.17. The molecule has 2 aromatic rings. The summed E-state index contributed by atoms with van der Waals surface area (Å²) in [6.45, 7) is 1.86. The van der Waals surface area contributed by atoms with E-state index in [1.54, 1.807) is 18.2 Å². The Kier molecular flexibility index (Phi) is 5.42. The zero-order chi connectivity index (χ0) is 18.1. The van der Waals surface area contributed by atoms with E-state index < -0.39 is 15.9 Å². The first kappa shape index (κ1) is 18.6. The average Bonchev–Trinajstić information content (AvgIpc) is 2.49. The Hall–Kier alpha value is -1.76. The lowest BCUT2D eigenvalue weighted by atomic mass is 10.1. The Bertz CT molecular complexity index is 898. The molecule has 0 spiro atoms. The Balaban J connectivity index is 2.25. The van der Waals surface area contributed by atoms with E-state index in [2.05, 4.69) is 5.32 Å². The van der Waals surface area contributed by atoms with Gasteiger partial charge in [0.2, 0.25) is 10.0 Å². The maximum absolute atomic E-state index is 12.3. The number of halogens is 2. The molecule has 8 heteroatoms. The minimum Gasteiger partial charge on any atom is -0.322 e. The summed E-state index contributed by atoms with van der Waals surface area (Å²) in [5.41, 5.74) is 2.06. The number of aryl methyl sites for hydroxylation is 1. The van der Waals surface area contributed by atoms with Crippen molar-refractivity contribution in [3.8, 4) is 0 Å². The molecule has 128 valence electrons. The van der Waals surface area contributed by atoms with Crippen LogP contribution in [0, 0.1) is 6.92 Å². The standard InChI is InChI=1S/C16H16Cl2N2O3S/c1-10-4-5-11(8-14(10)17)19-16(21)13-7-6-12(9-15(13)18)20(2)24(3,22)23/h4-9H,1-3H3,(H,19,21). The highest BCUT2D eigenvalue weighted by Crippen LogP contribution is 2.26. The van der Waals surface area contributed by atoms with Gasteiger partial charge in [-0.25, -0.2) is 8.42 Å². The first-order valence-corrected chi connectivity index (χ1v) is 9.51. The number of amides is 1. The summed E-state index contributed by atoms with van der Waals surface area (Å²) in [6, 6.07) is 9.60. The molecule has 0 unspecified atom stereocenters. The number of carbonyl (C=O) groups excluding carboxylic acids is 1. The second-order valence-electron chi connectivity index (χ2n) is 5.31. The molecule has 0 saturated carbocycles. The zero-order valence-corrected chi connectivity index (χ0v) is 15.6. The molecule has 0 atom stereocenters. The fourth-order valence-corrected chi connectivity index (χ4v) is 2.88. The Morgan fingerprint density at radius 1 is 1.08 bits per heavy atom. The number of nitrogens with one attached hydrogen (secondary N) is 1. The van der Waals surface area contributed by atoms with Gasteiger partial charge in [0.05, 0.1) is 22.5 Å². The molecule has 1 amide bonds. The first-order valence-electron chi connectivity index (χ1n) is 6.90. The van der Waals surface area contributed by atoms with Crippen LogP contribution < -0.4 is 9.62 Å². The molecule has 0 fully saturated rings. The molecule has 2 aromatic carbocycles. The van der Waals surface area contributed by atoms with E-state index in [-0.39, 0.29) is 10.6 Å². The molecule has 5 nitrogen and oxygen atoms in total. The van der Waals surface area contributed by atoms with Gasteiger partial charge < -0.3 is 5.32 Å². The summed E-state index contributed by atoms with van der Waals surface area (Å²) in [4.78, 5) is 12.3. The van der Waals surface area contributed by atoms with Crippen LogP contribution in [0.2, 0.25) is 10.0 Å². The molecule has 0 aliphatic rings. The number of rotatable bonds is 4. The van der Waals surface area contributed by atoms with Crippen molar-refractivity contribution >= 4 is 50.5 Å². The van der Waals surface area contributed by atoms with E-state index in [0.29, 0.717) is 16.4 Å². The van der Waals surface area contributed by atoms with Gasteiger partial charge in [0, 0.05) is 17.8 Å². The summed E-state index contributed by atoms with van der Waals surface area (Å²) >= 11 is 12.2. The van der Waals surface area contributed by atoms with E-state index in [1.807, 2.05) is 6.92 Å².